The van der Waals surface area contributed by atoms with Gasteiger partial charge < -0.3 is 9.73 Å². The molecule has 0 unspecified atom stereocenters. The third kappa shape index (κ3) is 3.55. The Hall–Kier alpha value is -2.05. The summed E-state index contributed by atoms with van der Waals surface area (Å²) in [5, 5.41) is 3.37. The highest BCUT2D eigenvalue weighted by atomic mass is 79.9. The van der Waals surface area contributed by atoms with E-state index in [9.17, 15) is 4.79 Å². The fourth-order valence-electron chi connectivity index (χ4n) is 2.20. The molecule has 0 aliphatic rings. The van der Waals surface area contributed by atoms with Crippen molar-refractivity contribution in [2.75, 3.05) is 11.6 Å². The van der Waals surface area contributed by atoms with Crippen molar-refractivity contribution < 1.29 is 9.21 Å². The number of aryl methyl sites for hydroxylation is 1. The largest absolute Gasteiger partial charge is 0.429 e. The van der Waals surface area contributed by atoms with Crippen LogP contribution < -0.4 is 5.32 Å². The van der Waals surface area contributed by atoms with Crippen LogP contribution in [0.4, 0.5) is 5.69 Å². The van der Waals surface area contributed by atoms with Crippen LogP contribution in [0.3, 0.4) is 0 Å². The monoisotopic (exact) mass is 402 g/mol. The van der Waals surface area contributed by atoms with E-state index in [1.807, 2.05) is 61.7 Å². The smallest absolute Gasteiger partial charge is 0.278 e. The fourth-order valence-corrected chi connectivity index (χ4v) is 3.28. The van der Waals surface area contributed by atoms with E-state index in [4.69, 9.17) is 4.42 Å². The summed E-state index contributed by atoms with van der Waals surface area (Å²) in [7, 11) is 0. The number of thioether (sulfide) groups is 1. The Kier molecular flexibility index (Phi) is 5.06. The fraction of sp³-hybridized carbons (Fsp3) is 0.111. The Morgan fingerprint density at radius 2 is 1.96 bits per heavy atom. The van der Waals surface area contributed by atoms with E-state index >= 15 is 0 Å². The topological polar surface area (TPSA) is 55.1 Å². The van der Waals surface area contributed by atoms with E-state index in [2.05, 4.69) is 26.2 Å². The quantitative estimate of drug-likeness (QED) is 0.594. The minimum atomic E-state index is -0.296. The molecule has 6 heteroatoms. The standard InChI is InChI=1S/C18H15BrN2O2S/c1-11-8-9-14(13(19)10-11)20-16(22)15-18(24-2)23-17(21-15)12-6-4-3-5-7-12/h3-10H,1-2H3,(H,20,22). The zero-order chi connectivity index (χ0) is 17.1. The average Bonchev–Trinajstić information content (AvgIpc) is 3.02. The van der Waals surface area contributed by atoms with E-state index in [0.717, 1.165) is 15.6 Å². The van der Waals surface area contributed by atoms with Crippen molar-refractivity contribution in [3.63, 3.8) is 0 Å². The molecule has 1 heterocycles. The number of halogens is 1. The number of anilines is 1. The van der Waals surface area contributed by atoms with Gasteiger partial charge in [-0.05, 0) is 58.9 Å². The summed E-state index contributed by atoms with van der Waals surface area (Å²) in [4.78, 5) is 17.0. The second-order valence-corrected chi connectivity index (χ2v) is 6.80. The van der Waals surface area contributed by atoms with Gasteiger partial charge in [-0.2, -0.15) is 0 Å². The molecular weight excluding hydrogens is 388 g/mol. The number of aromatic nitrogens is 1. The number of benzene rings is 2. The lowest BCUT2D eigenvalue weighted by Gasteiger charge is -2.07. The molecule has 1 aromatic heterocycles. The van der Waals surface area contributed by atoms with Crippen molar-refractivity contribution in [1.29, 1.82) is 0 Å². The van der Waals surface area contributed by atoms with Crippen molar-refractivity contribution >= 4 is 39.3 Å². The molecular formula is C18H15BrN2O2S. The Morgan fingerprint density at radius 1 is 1.21 bits per heavy atom. The molecule has 0 fully saturated rings. The van der Waals surface area contributed by atoms with Crippen LogP contribution in [0.15, 0.2) is 62.5 Å². The highest BCUT2D eigenvalue weighted by molar-refractivity contribution is 9.10. The first-order valence-electron chi connectivity index (χ1n) is 7.26. The summed E-state index contributed by atoms with van der Waals surface area (Å²) in [6.07, 6.45) is 1.86. The molecule has 4 nitrogen and oxygen atoms in total. The van der Waals surface area contributed by atoms with Gasteiger partial charge in [0.05, 0.1) is 5.69 Å². The first kappa shape index (κ1) is 16.8. The summed E-state index contributed by atoms with van der Waals surface area (Å²) < 4.78 is 6.56. The summed E-state index contributed by atoms with van der Waals surface area (Å²) >= 11 is 4.82. The van der Waals surface area contributed by atoms with Crippen LogP contribution in [0.25, 0.3) is 11.5 Å². The van der Waals surface area contributed by atoms with Crippen LogP contribution >= 0.6 is 27.7 Å². The molecule has 0 radical (unpaired) electrons. The van der Waals surface area contributed by atoms with E-state index in [-0.39, 0.29) is 11.6 Å². The van der Waals surface area contributed by atoms with Gasteiger partial charge in [-0.3, -0.25) is 4.79 Å². The highest BCUT2D eigenvalue weighted by Crippen LogP contribution is 2.29. The van der Waals surface area contributed by atoms with Gasteiger partial charge in [0.15, 0.2) is 10.8 Å². The summed E-state index contributed by atoms with van der Waals surface area (Å²) in [6.45, 7) is 1.99. The van der Waals surface area contributed by atoms with Crippen LogP contribution in [-0.2, 0) is 0 Å². The molecule has 3 aromatic rings. The molecule has 0 aliphatic heterocycles. The Labute approximate surface area is 152 Å². The van der Waals surface area contributed by atoms with E-state index in [1.165, 1.54) is 11.8 Å². The lowest BCUT2D eigenvalue weighted by atomic mass is 10.2. The molecule has 0 aliphatic carbocycles. The molecule has 3 rings (SSSR count). The van der Waals surface area contributed by atoms with Crippen LogP contribution in [0.5, 0.6) is 0 Å². The molecule has 1 amide bonds. The van der Waals surface area contributed by atoms with Crippen LogP contribution in [0.2, 0.25) is 0 Å². The maximum absolute atomic E-state index is 12.6. The Bertz CT molecular complexity index is 878. The molecule has 0 spiro atoms. The van der Waals surface area contributed by atoms with Gasteiger partial charge in [-0.1, -0.05) is 36.0 Å². The van der Waals surface area contributed by atoms with Gasteiger partial charge in [-0.25, -0.2) is 4.98 Å². The predicted molar refractivity (Wildman–Crippen MR) is 101 cm³/mol. The molecule has 24 heavy (non-hydrogen) atoms. The summed E-state index contributed by atoms with van der Waals surface area (Å²) in [5.74, 6) is 0.142. The number of nitrogens with zero attached hydrogens (tertiary/aromatic N) is 1. The van der Waals surface area contributed by atoms with Crippen molar-refractivity contribution in [3.05, 3.63) is 64.3 Å². The van der Waals surface area contributed by atoms with Gasteiger partial charge in [0.2, 0.25) is 5.89 Å². The maximum Gasteiger partial charge on any atom is 0.278 e. The van der Waals surface area contributed by atoms with Gasteiger partial charge in [0.25, 0.3) is 5.91 Å². The number of oxazole rings is 1. The van der Waals surface area contributed by atoms with E-state index in [0.29, 0.717) is 16.7 Å². The lowest BCUT2D eigenvalue weighted by molar-refractivity contribution is 0.101. The number of amides is 1. The minimum absolute atomic E-state index is 0.286. The second kappa shape index (κ2) is 7.23. The second-order valence-electron chi connectivity index (χ2n) is 5.16. The molecule has 0 atom stereocenters. The molecule has 122 valence electrons. The normalized spacial score (nSPS) is 10.6. The first-order valence-corrected chi connectivity index (χ1v) is 9.28. The number of rotatable bonds is 4. The van der Waals surface area contributed by atoms with Gasteiger partial charge in [0, 0.05) is 10.0 Å². The van der Waals surface area contributed by atoms with E-state index < -0.39 is 0 Å². The Morgan fingerprint density at radius 3 is 2.62 bits per heavy atom. The zero-order valence-corrected chi connectivity index (χ0v) is 15.6. The Balaban J connectivity index is 1.90. The molecule has 2 aromatic carbocycles. The number of carbonyl (C=O) groups is 1. The average molecular weight is 403 g/mol. The summed E-state index contributed by atoms with van der Waals surface area (Å²) in [6, 6.07) is 15.3. The van der Waals surface area contributed by atoms with Crippen molar-refractivity contribution in [2.45, 2.75) is 12.0 Å². The minimum Gasteiger partial charge on any atom is -0.429 e. The lowest BCUT2D eigenvalue weighted by Crippen LogP contribution is -2.13. The van der Waals surface area contributed by atoms with Crippen LogP contribution in [0.1, 0.15) is 16.1 Å². The molecule has 0 saturated carbocycles. The molecule has 0 saturated heterocycles. The van der Waals surface area contributed by atoms with Crippen molar-refractivity contribution in [2.24, 2.45) is 0 Å². The molecule has 0 bridgehead atoms. The van der Waals surface area contributed by atoms with Crippen molar-refractivity contribution in [3.8, 4) is 11.5 Å². The summed E-state index contributed by atoms with van der Waals surface area (Å²) in [5.41, 5.74) is 2.93. The third-order valence-corrected chi connectivity index (χ3v) is 4.69. The van der Waals surface area contributed by atoms with Crippen molar-refractivity contribution in [1.82, 2.24) is 4.98 Å². The number of carbonyl (C=O) groups excluding carboxylic acids is 1. The SMILES string of the molecule is CSc1oc(-c2ccccc2)nc1C(=O)Nc1ccc(C)cc1Br. The van der Waals surface area contributed by atoms with Crippen LogP contribution in [0, 0.1) is 6.92 Å². The number of hydrogen-bond donors (Lipinski definition) is 1. The first-order chi connectivity index (χ1) is 11.6. The van der Waals surface area contributed by atoms with Gasteiger partial charge in [-0.15, -0.1) is 0 Å². The maximum atomic E-state index is 12.6. The van der Waals surface area contributed by atoms with Crippen LogP contribution in [-0.4, -0.2) is 17.1 Å². The van der Waals surface area contributed by atoms with E-state index in [1.54, 1.807) is 0 Å². The highest BCUT2D eigenvalue weighted by Gasteiger charge is 2.21. The number of hydrogen-bond acceptors (Lipinski definition) is 4. The van der Waals surface area contributed by atoms with Gasteiger partial charge in [0.1, 0.15) is 0 Å². The third-order valence-electron chi connectivity index (χ3n) is 3.39. The predicted octanol–water partition coefficient (Wildman–Crippen LogP) is 5.39. The number of nitrogens with one attached hydrogen (secondary N) is 1. The van der Waals surface area contributed by atoms with Gasteiger partial charge >= 0.3 is 0 Å². The zero-order valence-electron chi connectivity index (χ0n) is 13.2. The molecule has 1 N–H and O–H groups in total.